The molecular weight excluding hydrogens is 1420 g/mol. The summed E-state index contributed by atoms with van der Waals surface area (Å²) in [6.07, 6.45) is 11.2. The fraction of sp³-hybridized carbons (Fsp3) is 0.424. The quantitative estimate of drug-likeness (QED) is 0.0399. The Labute approximate surface area is 645 Å². The van der Waals surface area contributed by atoms with E-state index in [-0.39, 0.29) is 82.6 Å². The first-order valence-electron chi connectivity index (χ1n) is 38.5. The number of likely N-dealkylation sites (tertiary alicyclic amines) is 2. The summed E-state index contributed by atoms with van der Waals surface area (Å²) in [4.78, 5) is 115. The number of ether oxygens (including phenoxy) is 3. The lowest BCUT2D eigenvalue weighted by Gasteiger charge is -2.44. The molecular formula is C85H102F3N13O10. The van der Waals surface area contributed by atoms with Crippen LogP contribution < -0.4 is 25.4 Å². The maximum atomic E-state index is 13.9. The Hall–Kier alpha value is -10.5. The van der Waals surface area contributed by atoms with Gasteiger partial charge in [0.15, 0.2) is 0 Å². The molecule has 0 bridgehead atoms. The van der Waals surface area contributed by atoms with Gasteiger partial charge in [-0.15, -0.1) is 0 Å². The third kappa shape index (κ3) is 18.3. The van der Waals surface area contributed by atoms with Crippen molar-refractivity contribution in [3.63, 3.8) is 0 Å². The number of ketones is 2. The van der Waals surface area contributed by atoms with Gasteiger partial charge in [-0.2, -0.15) is 0 Å². The summed E-state index contributed by atoms with van der Waals surface area (Å²) in [6, 6.07) is 32.2. The van der Waals surface area contributed by atoms with E-state index in [0.29, 0.717) is 128 Å². The molecule has 0 saturated carbocycles. The number of nitrogens with zero attached hydrogens (tertiary/aromatic N) is 9. The van der Waals surface area contributed by atoms with Crippen molar-refractivity contribution in [1.82, 2.24) is 59.2 Å². The number of piperazine rings is 3. The number of methoxy groups -OCH3 is 3. The zero-order valence-electron chi connectivity index (χ0n) is 64.8. The number of rotatable bonds is 16. The number of nitrogens with one attached hydrogen (secondary N) is 3. The normalized spacial score (nSPS) is 20.3. The first-order chi connectivity index (χ1) is 53.4. The number of hydrogen-bond acceptors (Lipinski definition) is 15. The minimum Gasteiger partial charge on any atom is -0.496 e. The molecule has 0 unspecified atom stereocenters. The molecule has 111 heavy (non-hydrogen) atoms. The molecule has 0 aliphatic carbocycles. The number of nitrogen functional groups attached to an aromatic ring is 1. The predicted octanol–water partition coefficient (Wildman–Crippen LogP) is 11.3. The number of halogens is 3. The van der Waals surface area contributed by atoms with Gasteiger partial charge in [0.05, 0.1) is 54.7 Å². The lowest BCUT2D eigenvalue weighted by atomic mass is 10.0. The fourth-order valence-corrected chi connectivity index (χ4v) is 15.9. The average Bonchev–Trinajstić information content (AvgIpc) is 1.65. The first kappa shape index (κ1) is 80.0. The van der Waals surface area contributed by atoms with Gasteiger partial charge >= 0.3 is 0 Å². The lowest BCUT2D eigenvalue weighted by molar-refractivity contribution is -0.126. The Morgan fingerprint density at radius 1 is 0.423 bits per heavy atom. The van der Waals surface area contributed by atoms with Crippen LogP contribution in [0.2, 0.25) is 0 Å². The van der Waals surface area contributed by atoms with Crippen molar-refractivity contribution in [2.75, 3.05) is 106 Å². The molecule has 6 aliphatic heterocycles. The van der Waals surface area contributed by atoms with E-state index in [4.69, 9.17) is 20.1 Å². The third-order valence-electron chi connectivity index (χ3n) is 22.4. The van der Waals surface area contributed by atoms with Crippen molar-refractivity contribution in [3.05, 3.63) is 196 Å². The van der Waals surface area contributed by atoms with E-state index in [1.54, 1.807) is 65.4 Å². The van der Waals surface area contributed by atoms with Crippen molar-refractivity contribution in [2.24, 2.45) is 0 Å². The molecule has 6 saturated heterocycles. The maximum Gasteiger partial charge on any atom is 0.295 e. The van der Waals surface area contributed by atoms with Gasteiger partial charge in [-0.1, -0.05) is 36.4 Å². The zero-order chi connectivity index (χ0) is 78.9. The Morgan fingerprint density at radius 2 is 0.802 bits per heavy atom. The molecule has 9 heterocycles. The summed E-state index contributed by atoms with van der Waals surface area (Å²) >= 11 is 0. The number of fused-ring (bicyclic) bond motifs is 3. The van der Waals surface area contributed by atoms with Crippen LogP contribution in [-0.4, -0.2) is 231 Å². The summed E-state index contributed by atoms with van der Waals surface area (Å²) in [5.74, 6) is 4.05. The number of H-pyrrole nitrogens is 2. The van der Waals surface area contributed by atoms with E-state index in [9.17, 15) is 46.7 Å². The van der Waals surface area contributed by atoms with Crippen molar-refractivity contribution < 1.29 is 60.9 Å². The van der Waals surface area contributed by atoms with Crippen LogP contribution in [0.5, 0.6) is 17.2 Å². The topological polar surface area (TPSA) is 248 Å². The number of amides is 5. The molecule has 6 fully saturated rings. The summed E-state index contributed by atoms with van der Waals surface area (Å²) in [6.45, 7) is 22.9. The fourth-order valence-electron chi connectivity index (χ4n) is 15.9. The van der Waals surface area contributed by atoms with Gasteiger partial charge in [0, 0.05) is 185 Å². The molecule has 588 valence electrons. The highest BCUT2D eigenvalue weighted by Gasteiger charge is 2.39. The number of hydrogen-bond donors (Lipinski definition) is 4. The molecule has 15 rings (SSSR count). The molecule has 6 aromatic carbocycles. The van der Waals surface area contributed by atoms with Gasteiger partial charge in [0.1, 0.15) is 34.7 Å². The van der Waals surface area contributed by atoms with E-state index < -0.39 is 23.4 Å². The molecule has 3 aromatic heterocycles. The second kappa shape index (κ2) is 35.6. The van der Waals surface area contributed by atoms with Crippen LogP contribution in [0, 0.1) is 17.5 Å². The van der Waals surface area contributed by atoms with Gasteiger partial charge in [-0.3, -0.25) is 52.9 Å². The largest absolute Gasteiger partial charge is 0.496 e. The van der Waals surface area contributed by atoms with Gasteiger partial charge in [0.2, 0.25) is 0 Å². The number of carbonyl (C=O) groups excluding carboxylic acids is 7. The van der Waals surface area contributed by atoms with E-state index in [1.165, 1.54) is 93.6 Å². The zero-order valence-corrected chi connectivity index (χ0v) is 64.8. The molecule has 6 aliphatic rings. The highest BCUT2D eigenvalue weighted by molar-refractivity contribution is 6.45. The molecule has 5 N–H and O–H groups in total. The highest BCUT2D eigenvalue weighted by atomic mass is 19.1. The SMILES string of the molecule is C1CCNC1.COc1cc2[nH]cc(C(=O)C(=O)N3CCCC3)c2cc1C(=O)N1C[C@H](C)N(Cc2ccc(F)cc2)C[C@H]1C.COc1cc2[nH]ccc2cc1C(=O)N1C[C@H](C)N(Cc2ccc(F)cc2)C[C@H]1C.COc1cc2c(cc1C(=O)N1C[C@H](C)N(Cc3ccc(F)cc3)C[C@H]1C)c(C(=O)C(=O)N1CCCC1)cn2N. The van der Waals surface area contributed by atoms with Crippen molar-refractivity contribution in [2.45, 2.75) is 136 Å². The van der Waals surface area contributed by atoms with Crippen LogP contribution in [-0.2, 0) is 29.2 Å². The Kier molecular flexibility index (Phi) is 25.7. The molecule has 9 aromatic rings. The van der Waals surface area contributed by atoms with Crippen LogP contribution in [0.15, 0.2) is 134 Å². The van der Waals surface area contributed by atoms with Crippen LogP contribution in [0.4, 0.5) is 13.2 Å². The standard InChI is InChI=1S/C29H34FN5O4.C29H33FN4O4.C23H26FN3O2.C4H9N/c1-18-15-34(19(2)14-33(18)16-20-6-8-21(30)9-7-20)28(37)23-12-22-24(17-35(31)25(22)13-26(23)39-3)27(36)29(38)32-10-4-5-11-32;1-18-16-34(19(2)15-33(18)17-20-6-8-21(30)9-7-20)28(36)23-12-22-24(14-31-25(22)13-26(23)38-3)27(35)29(37)32-10-4-5-11-32;1-15-13-27(16(2)12-26(15)14-17-4-6-19(24)7-5-17)23(28)20-10-18-8-9-25-21(18)11-22(20)29-3;1-2-4-5-3-1/h6-9,12-13,17-19H,4-5,10-11,14-16,31H2,1-3H3;6-9,12-14,18-19,31H,4-5,10-11,15-17H2,1-3H3;4-11,15-16,25H,12-14H2,1-3H3;5H,1-4H2/t2*18-,19+;15-,16+;/m000./s1. The Bertz CT molecular complexity index is 4810. The number of benzene rings is 6. The van der Waals surface area contributed by atoms with Gasteiger partial charge < -0.3 is 59.8 Å². The summed E-state index contributed by atoms with van der Waals surface area (Å²) in [5, 5.41) is 5.18. The summed E-state index contributed by atoms with van der Waals surface area (Å²) < 4.78 is 57.7. The number of carbonyl (C=O) groups is 7. The van der Waals surface area contributed by atoms with E-state index >= 15 is 0 Å². The van der Waals surface area contributed by atoms with Gasteiger partial charge in [-0.25, -0.2) is 13.2 Å². The number of aromatic nitrogens is 3. The number of aromatic amines is 2. The minimum absolute atomic E-state index is 0.00858. The number of Topliss-reactive ketones (excluding diaryl/α,β-unsaturated/α-hetero) is 2. The molecule has 0 radical (unpaired) electrons. The van der Waals surface area contributed by atoms with E-state index in [0.717, 1.165) is 66.4 Å². The van der Waals surface area contributed by atoms with E-state index in [2.05, 4.69) is 57.7 Å². The second-order valence-electron chi connectivity index (χ2n) is 30.2. The molecule has 5 amide bonds. The van der Waals surface area contributed by atoms with Crippen LogP contribution in [0.25, 0.3) is 32.7 Å². The molecule has 0 spiro atoms. The Balaban J connectivity index is 0.000000151. The smallest absolute Gasteiger partial charge is 0.295 e. The average molecular weight is 1520 g/mol. The van der Waals surface area contributed by atoms with Crippen LogP contribution in [0.1, 0.15) is 149 Å². The monoisotopic (exact) mass is 1520 g/mol. The van der Waals surface area contributed by atoms with Gasteiger partial charge in [0.25, 0.3) is 41.1 Å². The molecule has 26 heteroatoms. The molecule has 23 nitrogen and oxygen atoms in total. The third-order valence-corrected chi connectivity index (χ3v) is 22.4. The maximum absolute atomic E-state index is 13.9. The Morgan fingerprint density at radius 3 is 1.20 bits per heavy atom. The summed E-state index contributed by atoms with van der Waals surface area (Å²) in [7, 11) is 4.58. The summed E-state index contributed by atoms with van der Waals surface area (Å²) in [5.41, 5.74) is 6.86. The lowest BCUT2D eigenvalue weighted by Crippen LogP contribution is -2.57. The van der Waals surface area contributed by atoms with Gasteiger partial charge in [-0.05, 0) is 171 Å². The van der Waals surface area contributed by atoms with Crippen molar-refractivity contribution in [3.8, 4) is 17.2 Å². The predicted molar refractivity (Wildman–Crippen MR) is 421 cm³/mol. The second-order valence-corrected chi connectivity index (χ2v) is 30.2. The van der Waals surface area contributed by atoms with Crippen LogP contribution in [0.3, 0.4) is 0 Å². The van der Waals surface area contributed by atoms with Crippen molar-refractivity contribution >= 4 is 73.8 Å². The van der Waals surface area contributed by atoms with E-state index in [1.807, 2.05) is 65.1 Å². The number of nitrogens with two attached hydrogens (primary N) is 1. The highest BCUT2D eigenvalue weighted by Crippen LogP contribution is 2.36. The van der Waals surface area contributed by atoms with Crippen molar-refractivity contribution in [1.29, 1.82) is 0 Å². The van der Waals surface area contributed by atoms with Crippen LogP contribution >= 0.6 is 0 Å². The molecule has 6 atom stereocenters. The minimum atomic E-state index is -0.633. The first-order valence-corrected chi connectivity index (χ1v) is 38.5.